The van der Waals surface area contributed by atoms with Gasteiger partial charge < -0.3 is 4.74 Å². The van der Waals surface area contributed by atoms with Crippen molar-refractivity contribution in [3.8, 4) is 6.07 Å². The summed E-state index contributed by atoms with van der Waals surface area (Å²) in [5.74, 6) is 0.0264. The third-order valence-corrected chi connectivity index (χ3v) is 2.29. The van der Waals surface area contributed by atoms with Gasteiger partial charge in [-0.15, -0.1) is 0 Å². The van der Waals surface area contributed by atoms with E-state index in [0.29, 0.717) is 5.92 Å². The summed E-state index contributed by atoms with van der Waals surface area (Å²) in [6, 6.07) is 2.16. The molecule has 0 aliphatic rings. The monoisotopic (exact) mass is 197 g/mol. The molecule has 0 aliphatic carbocycles. The van der Waals surface area contributed by atoms with Crippen LogP contribution in [-0.2, 0) is 9.53 Å². The van der Waals surface area contributed by atoms with Crippen LogP contribution < -0.4 is 0 Å². The highest BCUT2D eigenvalue weighted by Gasteiger charge is 2.16. The van der Waals surface area contributed by atoms with Crippen LogP contribution in [0, 0.1) is 23.2 Å². The quantitative estimate of drug-likeness (QED) is 0.615. The summed E-state index contributed by atoms with van der Waals surface area (Å²) in [6.45, 7) is 4.24. The minimum absolute atomic E-state index is 0.191. The molecule has 3 heteroatoms. The molecule has 0 N–H and O–H groups in total. The molecule has 3 nitrogen and oxygen atoms in total. The number of nitriles is 1. The van der Waals surface area contributed by atoms with Gasteiger partial charge in [-0.05, 0) is 12.3 Å². The van der Waals surface area contributed by atoms with Crippen molar-refractivity contribution in [1.29, 1.82) is 5.26 Å². The molecule has 0 aromatic carbocycles. The van der Waals surface area contributed by atoms with Crippen LogP contribution in [0.3, 0.4) is 0 Å². The highest BCUT2D eigenvalue weighted by molar-refractivity contribution is 5.69. The Hall–Kier alpha value is -1.04. The van der Waals surface area contributed by atoms with Gasteiger partial charge in [0.1, 0.15) is 0 Å². The summed E-state index contributed by atoms with van der Waals surface area (Å²) in [4.78, 5) is 10.9. The fourth-order valence-corrected chi connectivity index (χ4v) is 1.56. The molecule has 14 heavy (non-hydrogen) atoms. The van der Waals surface area contributed by atoms with Crippen LogP contribution in [0.4, 0.5) is 0 Å². The van der Waals surface area contributed by atoms with E-state index in [1.807, 2.05) is 0 Å². The van der Waals surface area contributed by atoms with E-state index in [4.69, 9.17) is 5.26 Å². The molecule has 0 saturated heterocycles. The van der Waals surface area contributed by atoms with Gasteiger partial charge in [0.2, 0.25) is 0 Å². The van der Waals surface area contributed by atoms with Gasteiger partial charge >= 0.3 is 5.97 Å². The van der Waals surface area contributed by atoms with Crippen molar-refractivity contribution in [2.45, 2.75) is 39.5 Å². The number of esters is 1. The zero-order valence-electron chi connectivity index (χ0n) is 9.25. The molecule has 0 amide bonds. The van der Waals surface area contributed by atoms with Crippen molar-refractivity contribution in [2.24, 2.45) is 11.8 Å². The molecule has 0 aromatic heterocycles. The standard InChI is InChI=1S/C11H19NO2/c1-4-5-9(2)6-10(8-12)7-11(13)14-3/h9-10H,4-7H2,1-3H3. The van der Waals surface area contributed by atoms with Crippen molar-refractivity contribution < 1.29 is 9.53 Å². The lowest BCUT2D eigenvalue weighted by molar-refractivity contribution is -0.141. The molecule has 0 rings (SSSR count). The molecule has 2 unspecified atom stereocenters. The smallest absolute Gasteiger partial charge is 0.306 e. The predicted octanol–water partition coefficient (Wildman–Crippen LogP) is 2.52. The van der Waals surface area contributed by atoms with Crippen molar-refractivity contribution in [3.05, 3.63) is 0 Å². The average molecular weight is 197 g/mol. The van der Waals surface area contributed by atoms with Crippen molar-refractivity contribution >= 4 is 5.97 Å². The molecular formula is C11H19NO2. The maximum atomic E-state index is 10.9. The van der Waals surface area contributed by atoms with Crippen LogP contribution >= 0.6 is 0 Å². The Morgan fingerprint density at radius 1 is 1.57 bits per heavy atom. The second-order valence-corrected chi connectivity index (χ2v) is 3.74. The fraction of sp³-hybridized carbons (Fsp3) is 0.818. The second kappa shape index (κ2) is 7.37. The minimum atomic E-state index is -0.291. The minimum Gasteiger partial charge on any atom is -0.469 e. The summed E-state index contributed by atoms with van der Waals surface area (Å²) < 4.78 is 4.53. The molecule has 2 atom stereocenters. The largest absolute Gasteiger partial charge is 0.469 e. The fourth-order valence-electron chi connectivity index (χ4n) is 1.56. The van der Waals surface area contributed by atoms with Crippen LogP contribution in [0.5, 0.6) is 0 Å². The highest BCUT2D eigenvalue weighted by atomic mass is 16.5. The Labute approximate surface area is 86.1 Å². The average Bonchev–Trinajstić information content (AvgIpc) is 2.16. The summed E-state index contributed by atoms with van der Waals surface area (Å²) >= 11 is 0. The van der Waals surface area contributed by atoms with Gasteiger partial charge in [-0.25, -0.2) is 0 Å². The first-order chi connectivity index (χ1) is 6.63. The number of carbonyl (C=O) groups is 1. The van der Waals surface area contributed by atoms with E-state index in [-0.39, 0.29) is 18.3 Å². The maximum Gasteiger partial charge on any atom is 0.306 e. The summed E-state index contributed by atoms with van der Waals surface area (Å²) in [5.41, 5.74) is 0. The van der Waals surface area contributed by atoms with Crippen molar-refractivity contribution in [3.63, 3.8) is 0 Å². The third kappa shape index (κ3) is 5.58. The molecule has 0 fully saturated rings. The maximum absolute atomic E-state index is 10.9. The Bertz CT molecular complexity index is 208. The predicted molar refractivity (Wildman–Crippen MR) is 54.4 cm³/mol. The lowest BCUT2D eigenvalue weighted by Crippen LogP contribution is -2.11. The topological polar surface area (TPSA) is 50.1 Å². The summed E-state index contributed by atoms with van der Waals surface area (Å²) in [5, 5.41) is 8.83. The first kappa shape index (κ1) is 13.0. The molecule has 0 aromatic rings. The number of ether oxygens (including phenoxy) is 1. The third-order valence-electron chi connectivity index (χ3n) is 2.29. The van der Waals surface area contributed by atoms with Gasteiger partial charge in [0, 0.05) is 0 Å². The Morgan fingerprint density at radius 3 is 2.64 bits per heavy atom. The first-order valence-electron chi connectivity index (χ1n) is 5.10. The molecule has 80 valence electrons. The van der Waals surface area contributed by atoms with E-state index in [9.17, 15) is 4.79 Å². The van der Waals surface area contributed by atoms with Gasteiger partial charge in [-0.3, -0.25) is 4.79 Å². The van der Waals surface area contributed by atoms with Crippen LogP contribution in [0.1, 0.15) is 39.5 Å². The number of nitrogens with zero attached hydrogens (tertiary/aromatic N) is 1. The first-order valence-corrected chi connectivity index (χ1v) is 5.10. The normalized spacial score (nSPS) is 14.1. The second-order valence-electron chi connectivity index (χ2n) is 3.74. The van der Waals surface area contributed by atoms with Gasteiger partial charge in [-0.1, -0.05) is 26.7 Å². The Morgan fingerprint density at radius 2 is 2.21 bits per heavy atom. The number of methoxy groups -OCH3 is 1. The van der Waals surface area contributed by atoms with Crippen LogP contribution in [0.2, 0.25) is 0 Å². The Balaban J connectivity index is 3.91. The molecule has 0 radical (unpaired) electrons. The lowest BCUT2D eigenvalue weighted by Gasteiger charge is -2.13. The van der Waals surface area contributed by atoms with E-state index >= 15 is 0 Å². The Kier molecular flexibility index (Phi) is 6.82. The summed E-state index contributed by atoms with van der Waals surface area (Å²) in [7, 11) is 1.35. The molecule has 0 bridgehead atoms. The van der Waals surface area contributed by atoms with Gasteiger partial charge in [0.15, 0.2) is 0 Å². The van der Waals surface area contributed by atoms with E-state index in [0.717, 1.165) is 19.3 Å². The summed E-state index contributed by atoms with van der Waals surface area (Å²) in [6.07, 6.45) is 3.25. The number of rotatable bonds is 6. The van der Waals surface area contributed by atoms with Gasteiger partial charge in [0.25, 0.3) is 0 Å². The SMILES string of the molecule is CCCC(C)CC(C#N)CC(=O)OC. The number of hydrogen-bond donors (Lipinski definition) is 0. The van der Waals surface area contributed by atoms with E-state index in [1.165, 1.54) is 7.11 Å². The number of carbonyl (C=O) groups excluding carboxylic acids is 1. The van der Waals surface area contributed by atoms with Crippen molar-refractivity contribution in [2.75, 3.05) is 7.11 Å². The zero-order valence-corrected chi connectivity index (χ0v) is 9.25. The lowest BCUT2D eigenvalue weighted by atomic mass is 9.91. The van der Waals surface area contributed by atoms with Crippen LogP contribution in [0.25, 0.3) is 0 Å². The van der Waals surface area contributed by atoms with E-state index in [1.54, 1.807) is 0 Å². The number of hydrogen-bond acceptors (Lipinski definition) is 3. The van der Waals surface area contributed by atoms with Crippen LogP contribution in [0.15, 0.2) is 0 Å². The highest BCUT2D eigenvalue weighted by Crippen LogP contribution is 2.19. The molecule has 0 saturated carbocycles. The van der Waals surface area contributed by atoms with Crippen molar-refractivity contribution in [1.82, 2.24) is 0 Å². The van der Waals surface area contributed by atoms with E-state index in [2.05, 4.69) is 24.7 Å². The van der Waals surface area contributed by atoms with Crippen LogP contribution in [-0.4, -0.2) is 13.1 Å². The molecular weight excluding hydrogens is 178 g/mol. The van der Waals surface area contributed by atoms with E-state index < -0.39 is 0 Å². The van der Waals surface area contributed by atoms with Gasteiger partial charge in [-0.2, -0.15) is 5.26 Å². The van der Waals surface area contributed by atoms with Gasteiger partial charge in [0.05, 0.1) is 25.5 Å². The molecule has 0 heterocycles. The molecule has 0 aliphatic heterocycles. The molecule has 0 spiro atoms. The zero-order chi connectivity index (χ0) is 11.0.